The number of rotatable bonds is 6. The van der Waals surface area contributed by atoms with Crippen molar-refractivity contribution in [3.8, 4) is 5.75 Å². The van der Waals surface area contributed by atoms with Gasteiger partial charge >= 0.3 is 0 Å². The van der Waals surface area contributed by atoms with Gasteiger partial charge in [0.15, 0.2) is 0 Å². The standard InChI is InChI=1S/C19H19N3O2S/c1-13(15-7-4-3-5-8-15)20-19(23)16-9-6-10-17(11-16)24-12-18-14(2)21-25-22-18/h3-11,13H,12H2,1-2H3,(H,20,23). The van der Waals surface area contributed by atoms with Crippen molar-refractivity contribution in [2.24, 2.45) is 0 Å². The minimum Gasteiger partial charge on any atom is -0.487 e. The first-order valence-corrected chi connectivity index (χ1v) is 8.73. The van der Waals surface area contributed by atoms with Gasteiger partial charge in [-0.2, -0.15) is 8.75 Å². The summed E-state index contributed by atoms with van der Waals surface area (Å²) in [5, 5.41) is 3.00. The van der Waals surface area contributed by atoms with Crippen molar-refractivity contribution in [2.45, 2.75) is 26.5 Å². The van der Waals surface area contributed by atoms with Crippen LogP contribution >= 0.6 is 11.7 Å². The number of hydrogen-bond donors (Lipinski definition) is 1. The molecular formula is C19H19N3O2S. The molecular weight excluding hydrogens is 334 g/mol. The van der Waals surface area contributed by atoms with Gasteiger partial charge in [0.2, 0.25) is 0 Å². The molecule has 1 amide bonds. The van der Waals surface area contributed by atoms with Crippen molar-refractivity contribution in [1.29, 1.82) is 0 Å². The fourth-order valence-electron chi connectivity index (χ4n) is 2.36. The summed E-state index contributed by atoms with van der Waals surface area (Å²) in [5.74, 6) is 0.501. The van der Waals surface area contributed by atoms with Gasteiger partial charge < -0.3 is 10.1 Å². The molecule has 3 rings (SSSR count). The van der Waals surface area contributed by atoms with E-state index in [0.717, 1.165) is 17.0 Å². The molecule has 1 atom stereocenters. The summed E-state index contributed by atoms with van der Waals surface area (Å²) >= 11 is 1.17. The maximum atomic E-state index is 12.5. The predicted octanol–water partition coefficient (Wildman–Crippen LogP) is 3.92. The molecule has 6 heteroatoms. The summed E-state index contributed by atoms with van der Waals surface area (Å²) in [6, 6.07) is 16.9. The maximum absolute atomic E-state index is 12.5. The zero-order chi connectivity index (χ0) is 17.6. The van der Waals surface area contributed by atoms with Crippen molar-refractivity contribution in [3.05, 3.63) is 77.1 Å². The molecule has 0 aliphatic carbocycles. The summed E-state index contributed by atoms with van der Waals surface area (Å²) in [6.45, 7) is 4.20. The molecule has 1 unspecified atom stereocenters. The van der Waals surface area contributed by atoms with Crippen LogP contribution in [0.2, 0.25) is 0 Å². The van der Waals surface area contributed by atoms with Crippen molar-refractivity contribution < 1.29 is 9.53 Å². The van der Waals surface area contributed by atoms with E-state index in [-0.39, 0.29) is 11.9 Å². The lowest BCUT2D eigenvalue weighted by Gasteiger charge is -2.14. The van der Waals surface area contributed by atoms with Crippen LogP contribution in [0.4, 0.5) is 0 Å². The number of benzene rings is 2. The normalized spacial score (nSPS) is 11.8. The number of amides is 1. The number of ether oxygens (including phenoxy) is 1. The lowest BCUT2D eigenvalue weighted by Crippen LogP contribution is -2.26. The fourth-order valence-corrected chi connectivity index (χ4v) is 2.92. The van der Waals surface area contributed by atoms with Crippen LogP contribution in [-0.2, 0) is 6.61 Å². The summed E-state index contributed by atoms with van der Waals surface area (Å²) in [4.78, 5) is 12.5. The molecule has 0 aliphatic rings. The first kappa shape index (κ1) is 17.1. The second-order valence-corrected chi connectivity index (χ2v) is 6.25. The molecule has 0 saturated carbocycles. The number of nitrogens with zero attached hydrogens (tertiary/aromatic N) is 2. The second kappa shape index (κ2) is 7.90. The SMILES string of the molecule is Cc1nsnc1COc1cccc(C(=O)NC(C)c2ccccc2)c1. The zero-order valence-electron chi connectivity index (χ0n) is 14.1. The molecule has 0 aliphatic heterocycles. The van der Waals surface area contributed by atoms with Gasteiger partial charge in [-0.1, -0.05) is 36.4 Å². The Morgan fingerprint density at radius 3 is 2.68 bits per heavy atom. The van der Waals surface area contributed by atoms with Crippen molar-refractivity contribution in [2.75, 3.05) is 0 Å². The number of carbonyl (C=O) groups excluding carboxylic acids is 1. The number of aryl methyl sites for hydroxylation is 1. The van der Waals surface area contributed by atoms with E-state index in [1.54, 1.807) is 12.1 Å². The van der Waals surface area contributed by atoms with Gasteiger partial charge in [0.05, 0.1) is 23.5 Å². The molecule has 2 aromatic carbocycles. The quantitative estimate of drug-likeness (QED) is 0.729. The molecule has 3 aromatic rings. The Morgan fingerprint density at radius 1 is 1.16 bits per heavy atom. The Morgan fingerprint density at radius 2 is 1.96 bits per heavy atom. The Kier molecular flexibility index (Phi) is 5.40. The van der Waals surface area contributed by atoms with E-state index in [9.17, 15) is 4.79 Å². The van der Waals surface area contributed by atoms with E-state index < -0.39 is 0 Å². The Balaban J connectivity index is 1.64. The number of carbonyl (C=O) groups is 1. The van der Waals surface area contributed by atoms with Gasteiger partial charge in [0.25, 0.3) is 5.91 Å². The molecule has 0 fully saturated rings. The van der Waals surface area contributed by atoms with Crippen molar-refractivity contribution in [3.63, 3.8) is 0 Å². The van der Waals surface area contributed by atoms with E-state index in [0.29, 0.717) is 17.9 Å². The van der Waals surface area contributed by atoms with Gasteiger partial charge in [0.1, 0.15) is 18.1 Å². The van der Waals surface area contributed by atoms with Crippen LogP contribution in [-0.4, -0.2) is 14.7 Å². The highest BCUT2D eigenvalue weighted by Gasteiger charge is 2.12. The Bertz CT molecular complexity index is 849. The number of nitrogens with one attached hydrogen (secondary N) is 1. The first-order chi connectivity index (χ1) is 12.1. The lowest BCUT2D eigenvalue weighted by atomic mass is 10.1. The third-order valence-electron chi connectivity index (χ3n) is 3.87. The highest BCUT2D eigenvalue weighted by Crippen LogP contribution is 2.17. The van der Waals surface area contributed by atoms with E-state index in [2.05, 4.69) is 14.1 Å². The summed E-state index contributed by atoms with van der Waals surface area (Å²) in [5.41, 5.74) is 3.32. The summed E-state index contributed by atoms with van der Waals surface area (Å²) in [6.07, 6.45) is 0. The van der Waals surface area contributed by atoms with Gasteiger partial charge in [-0.25, -0.2) is 0 Å². The largest absolute Gasteiger partial charge is 0.487 e. The van der Waals surface area contributed by atoms with Gasteiger partial charge in [-0.3, -0.25) is 4.79 Å². The van der Waals surface area contributed by atoms with E-state index in [1.807, 2.05) is 56.3 Å². The van der Waals surface area contributed by atoms with Crippen LogP contribution in [0.25, 0.3) is 0 Å². The molecule has 5 nitrogen and oxygen atoms in total. The topological polar surface area (TPSA) is 64.1 Å². The fraction of sp³-hybridized carbons (Fsp3) is 0.211. The summed E-state index contributed by atoms with van der Waals surface area (Å²) in [7, 11) is 0. The first-order valence-electron chi connectivity index (χ1n) is 8.00. The van der Waals surface area contributed by atoms with E-state index in [1.165, 1.54) is 11.7 Å². The average molecular weight is 353 g/mol. The maximum Gasteiger partial charge on any atom is 0.251 e. The highest BCUT2D eigenvalue weighted by molar-refractivity contribution is 6.99. The Hall–Kier alpha value is -2.73. The van der Waals surface area contributed by atoms with E-state index in [4.69, 9.17) is 4.74 Å². The Labute approximate surface area is 151 Å². The zero-order valence-corrected chi connectivity index (χ0v) is 14.9. The smallest absolute Gasteiger partial charge is 0.251 e. The molecule has 25 heavy (non-hydrogen) atoms. The molecule has 0 bridgehead atoms. The third kappa shape index (κ3) is 4.42. The molecule has 1 aromatic heterocycles. The van der Waals surface area contributed by atoms with Crippen LogP contribution in [0, 0.1) is 6.92 Å². The van der Waals surface area contributed by atoms with Crippen LogP contribution in [0.5, 0.6) is 5.75 Å². The highest BCUT2D eigenvalue weighted by atomic mass is 32.1. The molecule has 0 radical (unpaired) electrons. The van der Waals surface area contributed by atoms with Gasteiger partial charge in [0, 0.05) is 5.56 Å². The minimum atomic E-state index is -0.131. The van der Waals surface area contributed by atoms with Crippen LogP contribution < -0.4 is 10.1 Å². The van der Waals surface area contributed by atoms with E-state index >= 15 is 0 Å². The van der Waals surface area contributed by atoms with Crippen LogP contribution in [0.1, 0.15) is 40.3 Å². The van der Waals surface area contributed by atoms with Crippen LogP contribution in [0.3, 0.4) is 0 Å². The lowest BCUT2D eigenvalue weighted by molar-refractivity contribution is 0.0939. The molecule has 1 heterocycles. The van der Waals surface area contributed by atoms with Crippen molar-refractivity contribution >= 4 is 17.6 Å². The molecule has 0 spiro atoms. The van der Waals surface area contributed by atoms with Gasteiger partial charge in [-0.15, -0.1) is 0 Å². The number of hydrogen-bond acceptors (Lipinski definition) is 5. The van der Waals surface area contributed by atoms with Crippen molar-refractivity contribution in [1.82, 2.24) is 14.1 Å². The minimum absolute atomic E-state index is 0.0676. The summed E-state index contributed by atoms with van der Waals surface area (Å²) < 4.78 is 14.0. The second-order valence-electron chi connectivity index (χ2n) is 5.72. The molecule has 0 saturated heterocycles. The van der Waals surface area contributed by atoms with Gasteiger partial charge in [-0.05, 0) is 37.6 Å². The monoisotopic (exact) mass is 353 g/mol. The van der Waals surface area contributed by atoms with Crippen LogP contribution in [0.15, 0.2) is 54.6 Å². The predicted molar refractivity (Wildman–Crippen MR) is 97.7 cm³/mol. The molecule has 1 N–H and O–H groups in total. The number of aromatic nitrogens is 2. The molecule has 128 valence electrons. The average Bonchev–Trinajstić information content (AvgIpc) is 3.06. The third-order valence-corrected chi connectivity index (χ3v) is 4.52.